The van der Waals surface area contributed by atoms with Crippen molar-refractivity contribution in [2.24, 2.45) is 0 Å². The third kappa shape index (κ3) is 3.68. The summed E-state index contributed by atoms with van der Waals surface area (Å²) in [6.45, 7) is 2.08. The lowest BCUT2D eigenvalue weighted by Gasteiger charge is -2.05. The fraction of sp³-hybridized carbons (Fsp3) is 0.111. The highest BCUT2D eigenvalue weighted by molar-refractivity contribution is 9.10. The zero-order chi connectivity index (χ0) is 16.2. The van der Waals surface area contributed by atoms with Gasteiger partial charge in [0.15, 0.2) is 0 Å². The summed E-state index contributed by atoms with van der Waals surface area (Å²) in [6, 6.07) is 17.4. The van der Waals surface area contributed by atoms with Gasteiger partial charge in [-0.1, -0.05) is 47.1 Å². The number of hydrogen-bond acceptors (Lipinski definition) is 2. The molecule has 0 saturated carbocycles. The topological polar surface area (TPSA) is 57.8 Å². The lowest BCUT2D eigenvalue weighted by atomic mass is 10.1. The largest absolute Gasteiger partial charge is 0.321 e. The number of nitrogens with one attached hydrogen (secondary N) is 2. The van der Waals surface area contributed by atoms with E-state index in [0.29, 0.717) is 5.69 Å². The SMILES string of the molecule is CCc1cccc(NC(=O)c2cc(-c3ccc(Br)cc3)n[nH]2)c1. The Morgan fingerprint density at radius 1 is 1.17 bits per heavy atom. The number of rotatable bonds is 4. The molecule has 0 atom stereocenters. The van der Waals surface area contributed by atoms with Gasteiger partial charge in [-0.2, -0.15) is 5.10 Å². The second kappa shape index (κ2) is 6.79. The smallest absolute Gasteiger partial charge is 0.273 e. The summed E-state index contributed by atoms with van der Waals surface area (Å²) in [7, 11) is 0. The molecule has 23 heavy (non-hydrogen) atoms. The summed E-state index contributed by atoms with van der Waals surface area (Å²) in [5.41, 5.74) is 4.10. The van der Waals surface area contributed by atoms with Gasteiger partial charge in [-0.25, -0.2) is 0 Å². The number of carbonyl (C=O) groups excluding carboxylic acids is 1. The van der Waals surface area contributed by atoms with Gasteiger partial charge in [0.2, 0.25) is 0 Å². The molecule has 3 rings (SSSR count). The average molecular weight is 370 g/mol. The van der Waals surface area contributed by atoms with Crippen molar-refractivity contribution < 1.29 is 4.79 Å². The van der Waals surface area contributed by atoms with E-state index in [1.807, 2.05) is 48.5 Å². The fourth-order valence-electron chi connectivity index (χ4n) is 2.27. The van der Waals surface area contributed by atoms with Crippen molar-refractivity contribution in [3.8, 4) is 11.3 Å². The third-order valence-corrected chi connectivity index (χ3v) is 4.08. The van der Waals surface area contributed by atoms with Gasteiger partial charge in [-0.05, 0) is 42.3 Å². The first kappa shape index (κ1) is 15.5. The van der Waals surface area contributed by atoms with Gasteiger partial charge in [0.1, 0.15) is 5.69 Å². The van der Waals surface area contributed by atoms with E-state index >= 15 is 0 Å². The van der Waals surface area contributed by atoms with E-state index in [1.165, 1.54) is 5.56 Å². The number of carbonyl (C=O) groups is 1. The Morgan fingerprint density at radius 3 is 2.70 bits per heavy atom. The summed E-state index contributed by atoms with van der Waals surface area (Å²) in [6.07, 6.45) is 0.932. The molecule has 1 aromatic heterocycles. The Bertz CT molecular complexity index is 824. The van der Waals surface area contributed by atoms with Crippen molar-refractivity contribution in [3.05, 3.63) is 70.3 Å². The molecule has 0 fully saturated rings. The molecule has 0 spiro atoms. The van der Waals surface area contributed by atoms with Crippen LogP contribution in [0.3, 0.4) is 0 Å². The maximum Gasteiger partial charge on any atom is 0.273 e. The summed E-state index contributed by atoms with van der Waals surface area (Å²) < 4.78 is 1.01. The van der Waals surface area contributed by atoms with E-state index in [9.17, 15) is 4.79 Å². The lowest BCUT2D eigenvalue weighted by Crippen LogP contribution is -2.12. The zero-order valence-electron chi connectivity index (χ0n) is 12.6. The van der Waals surface area contributed by atoms with Gasteiger partial charge in [-0.3, -0.25) is 9.89 Å². The maximum atomic E-state index is 12.3. The maximum absolute atomic E-state index is 12.3. The third-order valence-electron chi connectivity index (χ3n) is 3.56. The minimum Gasteiger partial charge on any atom is -0.321 e. The Morgan fingerprint density at radius 2 is 1.96 bits per heavy atom. The molecule has 0 radical (unpaired) electrons. The Labute approximate surface area is 143 Å². The molecule has 1 heterocycles. The first-order valence-electron chi connectivity index (χ1n) is 7.37. The minimum atomic E-state index is -0.200. The van der Waals surface area contributed by atoms with E-state index in [1.54, 1.807) is 6.07 Å². The first-order valence-corrected chi connectivity index (χ1v) is 8.16. The summed E-state index contributed by atoms with van der Waals surface area (Å²) in [4.78, 5) is 12.3. The molecule has 116 valence electrons. The van der Waals surface area contributed by atoms with Crippen molar-refractivity contribution in [2.75, 3.05) is 5.32 Å². The molecule has 4 nitrogen and oxygen atoms in total. The van der Waals surface area contributed by atoms with E-state index in [0.717, 1.165) is 27.8 Å². The van der Waals surface area contributed by atoms with Crippen LogP contribution in [0.15, 0.2) is 59.1 Å². The second-order valence-electron chi connectivity index (χ2n) is 5.18. The van der Waals surface area contributed by atoms with E-state index in [-0.39, 0.29) is 5.91 Å². The summed E-state index contributed by atoms with van der Waals surface area (Å²) >= 11 is 3.40. The van der Waals surface area contributed by atoms with Crippen LogP contribution in [0.5, 0.6) is 0 Å². The molecule has 2 aromatic carbocycles. The van der Waals surface area contributed by atoms with Crippen molar-refractivity contribution in [3.63, 3.8) is 0 Å². The molecule has 2 N–H and O–H groups in total. The van der Waals surface area contributed by atoms with Crippen LogP contribution in [0.1, 0.15) is 23.0 Å². The monoisotopic (exact) mass is 369 g/mol. The Kier molecular flexibility index (Phi) is 4.57. The number of aromatic amines is 1. The Hall–Kier alpha value is -2.40. The Balaban J connectivity index is 1.76. The normalized spacial score (nSPS) is 10.5. The van der Waals surface area contributed by atoms with Gasteiger partial charge in [0.25, 0.3) is 5.91 Å². The average Bonchev–Trinajstić information content (AvgIpc) is 3.06. The molecule has 3 aromatic rings. The van der Waals surface area contributed by atoms with Gasteiger partial charge in [-0.15, -0.1) is 0 Å². The van der Waals surface area contributed by atoms with Crippen LogP contribution in [0.25, 0.3) is 11.3 Å². The first-order chi connectivity index (χ1) is 11.2. The number of aryl methyl sites for hydroxylation is 1. The van der Waals surface area contributed by atoms with Crippen molar-refractivity contribution in [1.82, 2.24) is 10.2 Å². The zero-order valence-corrected chi connectivity index (χ0v) is 14.2. The predicted octanol–water partition coefficient (Wildman–Crippen LogP) is 4.65. The quantitative estimate of drug-likeness (QED) is 0.702. The van der Waals surface area contributed by atoms with Gasteiger partial charge < -0.3 is 5.32 Å². The van der Waals surface area contributed by atoms with Crippen LogP contribution in [0, 0.1) is 0 Å². The van der Waals surface area contributed by atoms with E-state index in [4.69, 9.17) is 0 Å². The standard InChI is InChI=1S/C18H16BrN3O/c1-2-12-4-3-5-15(10-12)20-18(23)17-11-16(21-22-17)13-6-8-14(19)9-7-13/h3-11H,2H2,1H3,(H,20,23)(H,21,22). The number of benzene rings is 2. The highest BCUT2D eigenvalue weighted by atomic mass is 79.9. The second-order valence-corrected chi connectivity index (χ2v) is 6.10. The number of halogens is 1. The summed E-state index contributed by atoms with van der Waals surface area (Å²) in [5.74, 6) is -0.200. The van der Waals surface area contributed by atoms with Gasteiger partial charge in [0, 0.05) is 15.7 Å². The molecule has 0 unspecified atom stereocenters. The lowest BCUT2D eigenvalue weighted by molar-refractivity contribution is 0.102. The molecule has 0 aliphatic heterocycles. The number of aromatic nitrogens is 2. The van der Waals surface area contributed by atoms with Crippen LogP contribution in [-0.4, -0.2) is 16.1 Å². The molecule has 0 aliphatic rings. The van der Waals surface area contributed by atoms with Gasteiger partial charge in [0.05, 0.1) is 5.69 Å². The number of anilines is 1. The number of amides is 1. The van der Waals surface area contributed by atoms with E-state index in [2.05, 4.69) is 38.4 Å². The predicted molar refractivity (Wildman–Crippen MR) is 95.5 cm³/mol. The van der Waals surface area contributed by atoms with Crippen LogP contribution in [0.4, 0.5) is 5.69 Å². The summed E-state index contributed by atoms with van der Waals surface area (Å²) in [5, 5.41) is 9.89. The van der Waals surface area contributed by atoms with Crippen LogP contribution in [-0.2, 0) is 6.42 Å². The molecule has 1 amide bonds. The molecule has 0 saturated heterocycles. The van der Waals surface area contributed by atoms with Crippen molar-refractivity contribution in [1.29, 1.82) is 0 Å². The molecular formula is C18H16BrN3O. The van der Waals surface area contributed by atoms with E-state index < -0.39 is 0 Å². The minimum absolute atomic E-state index is 0.200. The van der Waals surface area contributed by atoms with Crippen molar-refractivity contribution in [2.45, 2.75) is 13.3 Å². The number of nitrogens with zero attached hydrogens (tertiary/aromatic N) is 1. The highest BCUT2D eigenvalue weighted by Crippen LogP contribution is 2.21. The molecular weight excluding hydrogens is 354 g/mol. The number of H-pyrrole nitrogens is 1. The van der Waals surface area contributed by atoms with Crippen LogP contribution in [0.2, 0.25) is 0 Å². The molecule has 0 aliphatic carbocycles. The highest BCUT2D eigenvalue weighted by Gasteiger charge is 2.11. The van der Waals surface area contributed by atoms with Crippen LogP contribution >= 0.6 is 15.9 Å². The van der Waals surface area contributed by atoms with Gasteiger partial charge >= 0.3 is 0 Å². The number of hydrogen-bond donors (Lipinski definition) is 2. The molecule has 0 bridgehead atoms. The fourth-order valence-corrected chi connectivity index (χ4v) is 2.54. The van der Waals surface area contributed by atoms with Crippen molar-refractivity contribution >= 4 is 27.5 Å². The molecule has 5 heteroatoms. The van der Waals surface area contributed by atoms with Crippen LogP contribution < -0.4 is 5.32 Å².